The molecule has 26 heavy (non-hydrogen) atoms. The van der Waals surface area contributed by atoms with Crippen molar-refractivity contribution in [1.29, 1.82) is 0 Å². The van der Waals surface area contributed by atoms with E-state index in [9.17, 15) is 13.2 Å². The van der Waals surface area contributed by atoms with Crippen molar-refractivity contribution in [2.75, 3.05) is 26.1 Å². The van der Waals surface area contributed by atoms with E-state index in [1.54, 1.807) is 18.2 Å². The van der Waals surface area contributed by atoms with Crippen LogP contribution >= 0.6 is 0 Å². The van der Waals surface area contributed by atoms with Crippen LogP contribution in [-0.4, -0.2) is 35.1 Å². The lowest BCUT2D eigenvalue weighted by Crippen LogP contribution is -2.24. The molecule has 0 unspecified atom stereocenters. The van der Waals surface area contributed by atoms with Crippen molar-refractivity contribution in [2.24, 2.45) is 0 Å². The van der Waals surface area contributed by atoms with Crippen molar-refractivity contribution in [3.8, 4) is 23.8 Å². The molecule has 136 valence electrons. The number of nitrogens with one attached hydrogen (secondary N) is 2. The van der Waals surface area contributed by atoms with Gasteiger partial charge in [-0.25, -0.2) is 8.42 Å². The number of sulfonamides is 1. The maximum Gasteiger partial charge on any atom is 0.255 e. The first-order chi connectivity index (χ1) is 12.4. The van der Waals surface area contributed by atoms with Gasteiger partial charge in [0.05, 0.1) is 31.3 Å². The fraction of sp³-hybridized carbons (Fsp3) is 0.167. The van der Waals surface area contributed by atoms with Gasteiger partial charge in [0.1, 0.15) is 11.5 Å². The molecular weight excluding hydrogens is 356 g/mol. The predicted molar refractivity (Wildman–Crippen MR) is 98.0 cm³/mol. The molecule has 8 heteroatoms. The first-order valence-electron chi connectivity index (χ1n) is 7.48. The topological polar surface area (TPSA) is 93.7 Å². The molecule has 0 aromatic heterocycles. The number of terminal acetylenes is 1. The van der Waals surface area contributed by atoms with Gasteiger partial charge in [-0.3, -0.25) is 4.79 Å². The number of benzene rings is 2. The third-order valence-corrected chi connectivity index (χ3v) is 4.87. The lowest BCUT2D eigenvalue weighted by molar-refractivity contribution is 0.102. The average molecular weight is 374 g/mol. The van der Waals surface area contributed by atoms with Gasteiger partial charge in [-0.05, 0) is 36.4 Å². The van der Waals surface area contributed by atoms with E-state index in [-0.39, 0.29) is 11.4 Å². The quantitative estimate of drug-likeness (QED) is 0.722. The number of methoxy groups -OCH3 is 2. The van der Waals surface area contributed by atoms with Crippen LogP contribution in [0.4, 0.5) is 5.69 Å². The van der Waals surface area contributed by atoms with Crippen molar-refractivity contribution in [3.05, 3.63) is 48.0 Å². The highest BCUT2D eigenvalue weighted by Crippen LogP contribution is 2.29. The van der Waals surface area contributed by atoms with Gasteiger partial charge in [-0.1, -0.05) is 5.92 Å². The molecule has 2 aromatic rings. The summed E-state index contributed by atoms with van der Waals surface area (Å²) in [4.78, 5) is 12.4. The average Bonchev–Trinajstić information content (AvgIpc) is 2.66. The van der Waals surface area contributed by atoms with Crippen LogP contribution < -0.4 is 19.5 Å². The van der Waals surface area contributed by atoms with E-state index in [0.29, 0.717) is 22.7 Å². The van der Waals surface area contributed by atoms with E-state index in [0.717, 1.165) is 0 Å². The van der Waals surface area contributed by atoms with Gasteiger partial charge in [-0.2, -0.15) is 4.72 Å². The minimum absolute atomic E-state index is 0.0197. The molecule has 0 saturated heterocycles. The molecule has 0 radical (unpaired) electrons. The van der Waals surface area contributed by atoms with Crippen molar-refractivity contribution in [1.82, 2.24) is 4.72 Å². The van der Waals surface area contributed by atoms with Crippen LogP contribution in [0.2, 0.25) is 0 Å². The number of hydrogen-bond donors (Lipinski definition) is 2. The summed E-state index contributed by atoms with van der Waals surface area (Å²) < 4.78 is 36.5. The van der Waals surface area contributed by atoms with Crippen LogP contribution in [0.1, 0.15) is 10.4 Å². The summed E-state index contributed by atoms with van der Waals surface area (Å²) in [6.07, 6.45) is 5.04. The number of rotatable bonds is 7. The summed E-state index contributed by atoms with van der Waals surface area (Å²) in [6.45, 7) is -0.109. The Morgan fingerprint density at radius 2 is 1.81 bits per heavy atom. The molecular formula is C18H18N2O5S. The van der Waals surface area contributed by atoms with Crippen molar-refractivity contribution >= 4 is 21.6 Å². The standard InChI is InChI=1S/C18H18N2O5S/c1-4-11-19-26(22,23)15-8-5-13(6-9-15)18(21)20-16-10-7-14(24-2)12-17(16)25-3/h1,5-10,12,19H,11H2,2-3H3,(H,20,21). The predicted octanol–water partition coefficient (Wildman–Crippen LogP) is 1.87. The Kier molecular flexibility index (Phi) is 6.22. The van der Waals surface area contributed by atoms with Gasteiger partial charge >= 0.3 is 0 Å². The van der Waals surface area contributed by atoms with Gasteiger partial charge in [-0.15, -0.1) is 6.42 Å². The lowest BCUT2D eigenvalue weighted by atomic mass is 10.2. The Morgan fingerprint density at radius 3 is 2.38 bits per heavy atom. The molecule has 2 N–H and O–H groups in total. The molecule has 7 nitrogen and oxygen atoms in total. The minimum atomic E-state index is -3.70. The minimum Gasteiger partial charge on any atom is -0.497 e. The van der Waals surface area contributed by atoms with E-state index in [1.807, 2.05) is 0 Å². The first kappa shape index (κ1) is 19.3. The molecule has 0 saturated carbocycles. The molecule has 0 atom stereocenters. The summed E-state index contributed by atoms with van der Waals surface area (Å²) in [5.74, 6) is 2.82. The maximum absolute atomic E-state index is 12.4. The zero-order valence-corrected chi connectivity index (χ0v) is 15.1. The smallest absolute Gasteiger partial charge is 0.255 e. The van der Waals surface area contributed by atoms with Crippen molar-refractivity contribution in [3.63, 3.8) is 0 Å². The largest absolute Gasteiger partial charge is 0.497 e. The SMILES string of the molecule is C#CCNS(=O)(=O)c1ccc(C(=O)Nc2ccc(OC)cc2OC)cc1. The van der Waals surface area contributed by atoms with Crippen molar-refractivity contribution < 1.29 is 22.7 Å². The molecule has 0 fully saturated rings. The highest BCUT2D eigenvalue weighted by Gasteiger charge is 2.15. The van der Waals surface area contributed by atoms with E-state index in [4.69, 9.17) is 15.9 Å². The first-order valence-corrected chi connectivity index (χ1v) is 8.96. The van der Waals surface area contributed by atoms with Gasteiger partial charge in [0.25, 0.3) is 5.91 Å². The molecule has 1 amide bonds. The molecule has 0 aliphatic carbocycles. The summed E-state index contributed by atoms with van der Waals surface area (Å²) >= 11 is 0. The number of ether oxygens (including phenoxy) is 2. The number of carbonyl (C=O) groups is 1. The van der Waals surface area contributed by atoms with Crippen LogP contribution in [0, 0.1) is 12.3 Å². The second-order valence-electron chi connectivity index (χ2n) is 5.07. The van der Waals surface area contributed by atoms with Gasteiger partial charge in [0.2, 0.25) is 10.0 Å². The normalized spacial score (nSPS) is 10.7. The van der Waals surface area contributed by atoms with E-state index < -0.39 is 15.9 Å². The van der Waals surface area contributed by atoms with E-state index in [1.165, 1.54) is 38.5 Å². The Bertz CT molecular complexity index is 931. The Balaban J connectivity index is 2.17. The molecule has 2 rings (SSSR count). The van der Waals surface area contributed by atoms with Crippen molar-refractivity contribution in [2.45, 2.75) is 4.90 Å². The summed E-state index contributed by atoms with van der Waals surface area (Å²) in [5, 5.41) is 2.71. The summed E-state index contributed by atoms with van der Waals surface area (Å²) in [5.41, 5.74) is 0.754. The third kappa shape index (κ3) is 4.53. The molecule has 0 heterocycles. The fourth-order valence-electron chi connectivity index (χ4n) is 2.10. The second-order valence-corrected chi connectivity index (χ2v) is 6.84. The Morgan fingerprint density at radius 1 is 1.12 bits per heavy atom. The van der Waals surface area contributed by atoms with Gasteiger partial charge < -0.3 is 14.8 Å². The monoisotopic (exact) mass is 374 g/mol. The fourth-order valence-corrected chi connectivity index (χ4v) is 3.04. The van der Waals surface area contributed by atoms with E-state index in [2.05, 4.69) is 16.0 Å². The molecule has 0 spiro atoms. The molecule has 2 aromatic carbocycles. The number of carbonyl (C=O) groups excluding carboxylic acids is 1. The number of amides is 1. The highest BCUT2D eigenvalue weighted by molar-refractivity contribution is 7.89. The van der Waals surface area contributed by atoms with Crippen LogP contribution in [-0.2, 0) is 10.0 Å². The van der Waals surface area contributed by atoms with Crippen LogP contribution in [0.5, 0.6) is 11.5 Å². The van der Waals surface area contributed by atoms with Crippen LogP contribution in [0.15, 0.2) is 47.4 Å². The third-order valence-electron chi connectivity index (χ3n) is 3.45. The van der Waals surface area contributed by atoms with Gasteiger partial charge in [0, 0.05) is 11.6 Å². The Hall–Kier alpha value is -3.02. The van der Waals surface area contributed by atoms with Crippen LogP contribution in [0.3, 0.4) is 0 Å². The van der Waals surface area contributed by atoms with E-state index >= 15 is 0 Å². The molecule has 0 aliphatic rings. The summed E-state index contributed by atoms with van der Waals surface area (Å²) in [7, 11) is -0.692. The lowest BCUT2D eigenvalue weighted by Gasteiger charge is -2.12. The molecule has 0 bridgehead atoms. The Labute approximate surface area is 152 Å². The second kappa shape index (κ2) is 8.38. The number of hydrogen-bond acceptors (Lipinski definition) is 5. The zero-order valence-electron chi connectivity index (χ0n) is 14.3. The van der Waals surface area contributed by atoms with Gasteiger partial charge in [0.15, 0.2) is 0 Å². The zero-order chi connectivity index (χ0) is 19.2. The highest BCUT2D eigenvalue weighted by atomic mass is 32.2. The molecule has 0 aliphatic heterocycles. The maximum atomic E-state index is 12.4. The number of anilines is 1. The summed E-state index contributed by atoms with van der Waals surface area (Å²) in [6, 6.07) is 10.5. The van der Waals surface area contributed by atoms with Crippen LogP contribution in [0.25, 0.3) is 0 Å².